The molecule has 1 aromatic carbocycles. The summed E-state index contributed by atoms with van der Waals surface area (Å²) in [5.74, 6) is -0.726. The van der Waals surface area contributed by atoms with E-state index in [1.54, 1.807) is 13.8 Å². The van der Waals surface area contributed by atoms with E-state index in [4.69, 9.17) is 5.11 Å². The molecule has 106 valence electrons. The second-order valence-electron chi connectivity index (χ2n) is 6.62. The minimum Gasteiger partial charge on any atom is -0.481 e. The molecule has 1 rings (SSSR count). The number of aryl methyl sites for hydroxylation is 1. The van der Waals surface area contributed by atoms with Crippen molar-refractivity contribution in [2.45, 2.75) is 59.3 Å². The molecule has 0 atom stereocenters. The molecule has 0 aromatic heterocycles. The first-order valence-electron chi connectivity index (χ1n) is 7.02. The molecule has 0 fully saturated rings. The summed E-state index contributed by atoms with van der Waals surface area (Å²) in [6.45, 7) is 10.3. The summed E-state index contributed by atoms with van der Waals surface area (Å²) in [6.07, 6.45) is 2.59. The van der Waals surface area contributed by atoms with Crippen LogP contribution in [0.15, 0.2) is 24.3 Å². The lowest BCUT2D eigenvalue weighted by Crippen LogP contribution is -2.24. The Bertz CT molecular complexity index is 427. The third-order valence-corrected chi connectivity index (χ3v) is 4.24. The van der Waals surface area contributed by atoms with E-state index >= 15 is 0 Å². The first kappa shape index (κ1) is 15.7. The van der Waals surface area contributed by atoms with E-state index in [1.165, 1.54) is 11.1 Å². The van der Waals surface area contributed by atoms with Gasteiger partial charge in [-0.2, -0.15) is 0 Å². The van der Waals surface area contributed by atoms with Crippen molar-refractivity contribution in [3.05, 3.63) is 35.4 Å². The molecular formula is C17H26O2. The van der Waals surface area contributed by atoms with Gasteiger partial charge in [0.25, 0.3) is 0 Å². The summed E-state index contributed by atoms with van der Waals surface area (Å²) in [6, 6.07) is 8.61. The number of carboxylic acids is 1. The van der Waals surface area contributed by atoms with Gasteiger partial charge in [0.15, 0.2) is 0 Å². The molecule has 0 spiro atoms. The minimum absolute atomic E-state index is 0.207. The van der Waals surface area contributed by atoms with Crippen LogP contribution in [0, 0.1) is 5.41 Å². The highest BCUT2D eigenvalue weighted by Crippen LogP contribution is 2.28. The number of rotatable bonds is 6. The molecule has 2 nitrogen and oxygen atoms in total. The molecule has 0 saturated heterocycles. The minimum atomic E-state index is -0.726. The Balaban J connectivity index is 2.71. The van der Waals surface area contributed by atoms with Gasteiger partial charge in [0.1, 0.15) is 0 Å². The van der Waals surface area contributed by atoms with Crippen molar-refractivity contribution in [1.82, 2.24) is 0 Å². The van der Waals surface area contributed by atoms with E-state index in [0.29, 0.717) is 6.42 Å². The fourth-order valence-corrected chi connectivity index (χ4v) is 1.89. The molecule has 0 aliphatic carbocycles. The van der Waals surface area contributed by atoms with Gasteiger partial charge in [-0.1, -0.05) is 45.0 Å². The number of benzene rings is 1. The SMILES string of the molecule is CCC(C)(C)c1ccc(CCC(C)(C)C(=O)O)cc1. The van der Waals surface area contributed by atoms with Crippen LogP contribution in [-0.2, 0) is 16.6 Å². The zero-order valence-electron chi connectivity index (χ0n) is 12.8. The highest BCUT2D eigenvalue weighted by Gasteiger charge is 2.26. The Kier molecular flexibility index (Phi) is 4.78. The van der Waals surface area contributed by atoms with Crippen LogP contribution in [0.1, 0.15) is 58.6 Å². The van der Waals surface area contributed by atoms with Crippen molar-refractivity contribution in [1.29, 1.82) is 0 Å². The fourth-order valence-electron chi connectivity index (χ4n) is 1.89. The van der Waals surface area contributed by atoms with E-state index in [1.807, 2.05) is 0 Å². The van der Waals surface area contributed by atoms with Crippen molar-refractivity contribution in [2.24, 2.45) is 5.41 Å². The van der Waals surface area contributed by atoms with E-state index in [-0.39, 0.29) is 5.41 Å². The number of hydrogen-bond acceptors (Lipinski definition) is 1. The zero-order valence-corrected chi connectivity index (χ0v) is 12.8. The Morgan fingerprint density at radius 2 is 1.63 bits per heavy atom. The molecule has 1 aromatic rings. The number of carbonyl (C=O) groups is 1. The average molecular weight is 262 g/mol. The maximum absolute atomic E-state index is 11.1. The number of hydrogen-bond donors (Lipinski definition) is 1. The standard InChI is InChI=1S/C17H26O2/c1-6-16(2,3)14-9-7-13(8-10-14)11-12-17(4,5)15(18)19/h7-10H,6,11-12H2,1-5H3,(H,18,19). The highest BCUT2D eigenvalue weighted by atomic mass is 16.4. The largest absolute Gasteiger partial charge is 0.481 e. The van der Waals surface area contributed by atoms with Crippen molar-refractivity contribution in [2.75, 3.05) is 0 Å². The lowest BCUT2D eigenvalue weighted by molar-refractivity contribution is -0.147. The monoisotopic (exact) mass is 262 g/mol. The molecule has 0 saturated carbocycles. The summed E-state index contributed by atoms with van der Waals surface area (Å²) in [5.41, 5.74) is 2.11. The van der Waals surface area contributed by atoms with E-state index in [0.717, 1.165) is 12.8 Å². The molecule has 0 amide bonds. The summed E-state index contributed by atoms with van der Waals surface area (Å²) >= 11 is 0. The molecular weight excluding hydrogens is 236 g/mol. The van der Waals surface area contributed by atoms with Gasteiger partial charge in [0, 0.05) is 0 Å². The molecule has 0 aliphatic rings. The van der Waals surface area contributed by atoms with E-state index in [9.17, 15) is 4.79 Å². The first-order valence-corrected chi connectivity index (χ1v) is 7.02. The van der Waals surface area contributed by atoms with Crippen LogP contribution >= 0.6 is 0 Å². The summed E-state index contributed by atoms with van der Waals surface area (Å²) < 4.78 is 0. The van der Waals surface area contributed by atoms with Crippen molar-refractivity contribution >= 4 is 5.97 Å². The second kappa shape index (κ2) is 5.77. The molecule has 1 N–H and O–H groups in total. The van der Waals surface area contributed by atoms with Gasteiger partial charge >= 0.3 is 5.97 Å². The van der Waals surface area contributed by atoms with Crippen LogP contribution in [0.4, 0.5) is 0 Å². The topological polar surface area (TPSA) is 37.3 Å². The number of carboxylic acid groups (broad SMARTS) is 1. The molecule has 0 bridgehead atoms. The van der Waals surface area contributed by atoms with Crippen LogP contribution in [0.2, 0.25) is 0 Å². The maximum Gasteiger partial charge on any atom is 0.309 e. The van der Waals surface area contributed by atoms with Gasteiger partial charge in [-0.05, 0) is 49.7 Å². The average Bonchev–Trinajstić information content (AvgIpc) is 2.37. The molecule has 0 aliphatic heterocycles. The fraction of sp³-hybridized carbons (Fsp3) is 0.588. The highest BCUT2D eigenvalue weighted by molar-refractivity contribution is 5.73. The third-order valence-electron chi connectivity index (χ3n) is 4.24. The van der Waals surface area contributed by atoms with Crippen LogP contribution < -0.4 is 0 Å². The zero-order chi connectivity index (χ0) is 14.7. The summed E-state index contributed by atoms with van der Waals surface area (Å²) in [4.78, 5) is 11.1. The van der Waals surface area contributed by atoms with Crippen LogP contribution in [0.3, 0.4) is 0 Å². The van der Waals surface area contributed by atoms with Gasteiger partial charge in [0.05, 0.1) is 5.41 Å². The molecule has 0 unspecified atom stereocenters. The van der Waals surface area contributed by atoms with Crippen LogP contribution in [-0.4, -0.2) is 11.1 Å². The predicted octanol–water partition coefficient (Wildman–Crippen LogP) is 4.42. The van der Waals surface area contributed by atoms with Gasteiger partial charge < -0.3 is 5.11 Å². The predicted molar refractivity (Wildman–Crippen MR) is 79.5 cm³/mol. The Labute approximate surface area is 116 Å². The lowest BCUT2D eigenvalue weighted by Gasteiger charge is -2.24. The summed E-state index contributed by atoms with van der Waals surface area (Å²) in [7, 11) is 0. The van der Waals surface area contributed by atoms with Crippen LogP contribution in [0.5, 0.6) is 0 Å². The van der Waals surface area contributed by atoms with E-state index in [2.05, 4.69) is 45.0 Å². The molecule has 0 heterocycles. The quantitative estimate of drug-likeness (QED) is 0.824. The van der Waals surface area contributed by atoms with Crippen molar-refractivity contribution in [3.8, 4) is 0 Å². The third kappa shape index (κ3) is 4.09. The summed E-state index contributed by atoms with van der Waals surface area (Å²) in [5, 5.41) is 9.10. The number of aliphatic carboxylic acids is 1. The van der Waals surface area contributed by atoms with Gasteiger partial charge in [-0.3, -0.25) is 4.79 Å². The lowest BCUT2D eigenvalue weighted by atomic mass is 9.81. The van der Waals surface area contributed by atoms with Gasteiger partial charge in [-0.25, -0.2) is 0 Å². The van der Waals surface area contributed by atoms with Gasteiger partial charge in [-0.15, -0.1) is 0 Å². The Morgan fingerprint density at radius 1 is 1.11 bits per heavy atom. The maximum atomic E-state index is 11.1. The first-order chi connectivity index (χ1) is 8.69. The van der Waals surface area contributed by atoms with Crippen molar-refractivity contribution in [3.63, 3.8) is 0 Å². The van der Waals surface area contributed by atoms with E-state index < -0.39 is 11.4 Å². The molecule has 19 heavy (non-hydrogen) atoms. The normalized spacial score (nSPS) is 12.5. The molecule has 2 heteroatoms. The van der Waals surface area contributed by atoms with Crippen molar-refractivity contribution < 1.29 is 9.90 Å². The Morgan fingerprint density at radius 3 is 2.05 bits per heavy atom. The Hall–Kier alpha value is -1.31. The van der Waals surface area contributed by atoms with Gasteiger partial charge in [0.2, 0.25) is 0 Å². The smallest absolute Gasteiger partial charge is 0.309 e. The molecule has 0 radical (unpaired) electrons. The van der Waals surface area contributed by atoms with Crippen LogP contribution in [0.25, 0.3) is 0 Å². The second-order valence-corrected chi connectivity index (χ2v) is 6.62.